The molecule has 2 nitrogen and oxygen atoms in total. The standard InChI is InChI=1S/C18H31NO/c1-5-17(4)19(6-2)14-8-7-9-15-20-18-12-10-16(3)11-13-18/h10-13,17H,5-9,14-15H2,1-4H3. The molecule has 1 atom stereocenters. The van der Waals surface area contributed by atoms with Gasteiger partial charge in [0.05, 0.1) is 6.61 Å². The van der Waals surface area contributed by atoms with Crippen molar-refractivity contribution in [3.8, 4) is 5.75 Å². The Labute approximate surface area is 125 Å². The van der Waals surface area contributed by atoms with Crippen LogP contribution in [0.15, 0.2) is 24.3 Å². The van der Waals surface area contributed by atoms with Gasteiger partial charge in [0.15, 0.2) is 0 Å². The van der Waals surface area contributed by atoms with Crippen LogP contribution in [-0.4, -0.2) is 30.6 Å². The molecule has 1 aromatic carbocycles. The van der Waals surface area contributed by atoms with E-state index in [0.717, 1.165) is 25.3 Å². The highest BCUT2D eigenvalue weighted by Gasteiger charge is 2.08. The third-order valence-electron chi connectivity index (χ3n) is 4.00. The number of unbranched alkanes of at least 4 members (excludes halogenated alkanes) is 2. The number of rotatable bonds is 10. The molecule has 0 radical (unpaired) electrons. The molecule has 0 spiro atoms. The molecule has 0 saturated carbocycles. The normalized spacial score (nSPS) is 12.7. The summed E-state index contributed by atoms with van der Waals surface area (Å²) in [5, 5.41) is 0. The maximum atomic E-state index is 5.75. The van der Waals surface area contributed by atoms with E-state index in [1.165, 1.54) is 31.4 Å². The molecule has 0 saturated heterocycles. The van der Waals surface area contributed by atoms with E-state index in [9.17, 15) is 0 Å². The van der Waals surface area contributed by atoms with E-state index >= 15 is 0 Å². The van der Waals surface area contributed by atoms with Gasteiger partial charge in [-0.1, -0.05) is 31.5 Å². The number of aryl methyl sites for hydroxylation is 1. The summed E-state index contributed by atoms with van der Waals surface area (Å²) >= 11 is 0. The van der Waals surface area contributed by atoms with E-state index in [-0.39, 0.29) is 0 Å². The van der Waals surface area contributed by atoms with Gasteiger partial charge < -0.3 is 9.64 Å². The molecule has 0 heterocycles. The lowest BCUT2D eigenvalue weighted by Crippen LogP contribution is -2.33. The zero-order valence-corrected chi connectivity index (χ0v) is 13.7. The van der Waals surface area contributed by atoms with Crippen molar-refractivity contribution < 1.29 is 4.74 Å². The number of nitrogens with zero attached hydrogens (tertiary/aromatic N) is 1. The van der Waals surface area contributed by atoms with E-state index in [0.29, 0.717) is 6.04 Å². The first-order valence-electron chi connectivity index (χ1n) is 8.10. The second kappa shape index (κ2) is 9.82. The number of benzene rings is 1. The largest absolute Gasteiger partial charge is 0.494 e. The summed E-state index contributed by atoms with van der Waals surface area (Å²) in [7, 11) is 0. The topological polar surface area (TPSA) is 12.5 Å². The number of hydrogen-bond donors (Lipinski definition) is 0. The van der Waals surface area contributed by atoms with Gasteiger partial charge in [0.2, 0.25) is 0 Å². The molecule has 0 aliphatic rings. The van der Waals surface area contributed by atoms with Crippen molar-refractivity contribution in [2.75, 3.05) is 19.7 Å². The Kier molecular flexibility index (Phi) is 8.36. The van der Waals surface area contributed by atoms with Gasteiger partial charge in [0.25, 0.3) is 0 Å². The summed E-state index contributed by atoms with van der Waals surface area (Å²) < 4.78 is 5.75. The molecular weight excluding hydrogens is 246 g/mol. The fourth-order valence-electron chi connectivity index (χ4n) is 2.37. The molecule has 0 N–H and O–H groups in total. The van der Waals surface area contributed by atoms with Crippen molar-refractivity contribution in [1.29, 1.82) is 0 Å². The lowest BCUT2D eigenvalue weighted by atomic mass is 10.2. The highest BCUT2D eigenvalue weighted by atomic mass is 16.5. The van der Waals surface area contributed by atoms with Crippen LogP contribution in [0.4, 0.5) is 0 Å². The van der Waals surface area contributed by atoms with E-state index in [4.69, 9.17) is 4.74 Å². The number of ether oxygens (including phenoxy) is 1. The summed E-state index contributed by atoms with van der Waals surface area (Å²) in [5.41, 5.74) is 1.28. The molecule has 1 unspecified atom stereocenters. The Morgan fingerprint density at radius 2 is 1.75 bits per heavy atom. The van der Waals surface area contributed by atoms with E-state index in [1.807, 2.05) is 0 Å². The molecule has 0 aliphatic carbocycles. The molecule has 1 aromatic rings. The quantitative estimate of drug-likeness (QED) is 0.576. The van der Waals surface area contributed by atoms with Crippen LogP contribution in [0.25, 0.3) is 0 Å². The molecular formula is C18H31NO. The van der Waals surface area contributed by atoms with Crippen molar-refractivity contribution in [3.05, 3.63) is 29.8 Å². The average Bonchev–Trinajstić information content (AvgIpc) is 2.47. The van der Waals surface area contributed by atoms with Gasteiger partial charge in [0, 0.05) is 6.04 Å². The summed E-state index contributed by atoms with van der Waals surface area (Å²) in [6.45, 7) is 12.2. The van der Waals surface area contributed by atoms with Gasteiger partial charge in [-0.25, -0.2) is 0 Å². The molecule has 2 heteroatoms. The maximum Gasteiger partial charge on any atom is 0.119 e. The van der Waals surface area contributed by atoms with Crippen molar-refractivity contribution in [1.82, 2.24) is 4.90 Å². The van der Waals surface area contributed by atoms with Crippen LogP contribution in [0.2, 0.25) is 0 Å². The van der Waals surface area contributed by atoms with E-state index in [1.54, 1.807) is 0 Å². The van der Waals surface area contributed by atoms with Crippen molar-refractivity contribution in [3.63, 3.8) is 0 Å². The highest BCUT2D eigenvalue weighted by Crippen LogP contribution is 2.12. The Morgan fingerprint density at radius 3 is 2.35 bits per heavy atom. The zero-order valence-electron chi connectivity index (χ0n) is 13.7. The summed E-state index contributed by atoms with van der Waals surface area (Å²) in [6, 6.07) is 9.01. The molecule has 0 amide bonds. The van der Waals surface area contributed by atoms with Crippen LogP contribution >= 0.6 is 0 Å². The molecule has 20 heavy (non-hydrogen) atoms. The Bertz CT molecular complexity index is 347. The summed E-state index contributed by atoms with van der Waals surface area (Å²) in [6.07, 6.45) is 4.91. The molecule has 0 aliphatic heterocycles. The molecule has 114 valence electrons. The fraction of sp³-hybridized carbons (Fsp3) is 0.667. The molecule has 1 rings (SSSR count). The van der Waals surface area contributed by atoms with Crippen molar-refractivity contribution in [2.24, 2.45) is 0 Å². The van der Waals surface area contributed by atoms with Crippen LogP contribution in [0.1, 0.15) is 52.0 Å². The van der Waals surface area contributed by atoms with E-state index < -0.39 is 0 Å². The highest BCUT2D eigenvalue weighted by molar-refractivity contribution is 5.26. The van der Waals surface area contributed by atoms with Crippen LogP contribution in [-0.2, 0) is 0 Å². The summed E-state index contributed by atoms with van der Waals surface area (Å²) in [4.78, 5) is 2.57. The Morgan fingerprint density at radius 1 is 1.05 bits per heavy atom. The van der Waals surface area contributed by atoms with Crippen LogP contribution < -0.4 is 4.74 Å². The van der Waals surface area contributed by atoms with Gasteiger partial charge in [-0.05, 0) is 64.8 Å². The first-order valence-corrected chi connectivity index (χ1v) is 8.10. The summed E-state index contributed by atoms with van der Waals surface area (Å²) in [5.74, 6) is 0.991. The average molecular weight is 277 g/mol. The monoisotopic (exact) mass is 277 g/mol. The van der Waals surface area contributed by atoms with Crippen LogP contribution in [0, 0.1) is 6.92 Å². The smallest absolute Gasteiger partial charge is 0.119 e. The van der Waals surface area contributed by atoms with Crippen LogP contribution in [0.5, 0.6) is 5.75 Å². The lowest BCUT2D eigenvalue weighted by Gasteiger charge is -2.26. The molecule has 0 aromatic heterocycles. The Hall–Kier alpha value is -1.02. The Balaban J connectivity index is 2.08. The SMILES string of the molecule is CCC(C)N(CC)CCCCCOc1ccc(C)cc1. The van der Waals surface area contributed by atoms with Gasteiger partial charge in [-0.15, -0.1) is 0 Å². The minimum Gasteiger partial charge on any atom is -0.494 e. The number of hydrogen-bond acceptors (Lipinski definition) is 2. The third-order valence-corrected chi connectivity index (χ3v) is 4.00. The van der Waals surface area contributed by atoms with Gasteiger partial charge in [-0.2, -0.15) is 0 Å². The molecule has 0 fully saturated rings. The third kappa shape index (κ3) is 6.42. The minimum atomic E-state index is 0.712. The molecule has 0 bridgehead atoms. The fourth-order valence-corrected chi connectivity index (χ4v) is 2.37. The predicted molar refractivity (Wildman–Crippen MR) is 87.5 cm³/mol. The zero-order chi connectivity index (χ0) is 14.8. The van der Waals surface area contributed by atoms with Crippen molar-refractivity contribution in [2.45, 2.75) is 59.4 Å². The van der Waals surface area contributed by atoms with E-state index in [2.05, 4.69) is 56.9 Å². The predicted octanol–water partition coefficient (Wildman–Crippen LogP) is 4.66. The van der Waals surface area contributed by atoms with Crippen molar-refractivity contribution >= 4 is 0 Å². The lowest BCUT2D eigenvalue weighted by molar-refractivity contribution is 0.207. The van der Waals surface area contributed by atoms with Gasteiger partial charge in [0.1, 0.15) is 5.75 Å². The van der Waals surface area contributed by atoms with Gasteiger partial charge in [-0.3, -0.25) is 0 Å². The first kappa shape index (κ1) is 17.0. The second-order valence-electron chi connectivity index (χ2n) is 5.61. The first-order chi connectivity index (χ1) is 9.67. The van der Waals surface area contributed by atoms with Gasteiger partial charge >= 0.3 is 0 Å². The minimum absolute atomic E-state index is 0.712. The maximum absolute atomic E-state index is 5.75. The van der Waals surface area contributed by atoms with Crippen LogP contribution in [0.3, 0.4) is 0 Å². The second-order valence-corrected chi connectivity index (χ2v) is 5.61.